The Morgan fingerprint density at radius 2 is 2.00 bits per heavy atom. The van der Waals surface area contributed by atoms with Crippen LogP contribution in [0.25, 0.3) is 0 Å². The SMILES string of the molecule is Cc1cccc(CN(C)S(=O)(=O)CCCNC(C)C)c1. The molecule has 0 aliphatic rings. The fourth-order valence-corrected chi connectivity index (χ4v) is 3.13. The van der Waals surface area contributed by atoms with Crippen LogP contribution in [-0.2, 0) is 16.6 Å². The van der Waals surface area contributed by atoms with E-state index in [0.717, 1.165) is 17.7 Å². The minimum atomic E-state index is -3.18. The first-order valence-electron chi connectivity index (χ1n) is 7.04. The number of hydrogen-bond acceptors (Lipinski definition) is 3. The molecule has 5 heteroatoms. The molecule has 0 amide bonds. The minimum Gasteiger partial charge on any atom is -0.314 e. The van der Waals surface area contributed by atoms with Gasteiger partial charge in [-0.2, -0.15) is 0 Å². The number of hydrogen-bond donors (Lipinski definition) is 1. The zero-order valence-electron chi connectivity index (χ0n) is 12.9. The molecular weight excluding hydrogens is 272 g/mol. The maximum atomic E-state index is 12.2. The molecule has 0 saturated carbocycles. The van der Waals surface area contributed by atoms with Crippen molar-refractivity contribution in [3.05, 3.63) is 35.4 Å². The largest absolute Gasteiger partial charge is 0.314 e. The van der Waals surface area contributed by atoms with Crippen molar-refractivity contribution in [1.82, 2.24) is 9.62 Å². The molecule has 0 atom stereocenters. The van der Waals surface area contributed by atoms with Crippen LogP contribution < -0.4 is 5.32 Å². The Morgan fingerprint density at radius 1 is 1.30 bits per heavy atom. The highest BCUT2D eigenvalue weighted by Gasteiger charge is 2.17. The molecule has 1 N–H and O–H groups in total. The highest BCUT2D eigenvalue weighted by molar-refractivity contribution is 7.89. The Labute approximate surface area is 123 Å². The molecule has 0 heterocycles. The van der Waals surface area contributed by atoms with Crippen molar-refractivity contribution >= 4 is 10.0 Å². The summed E-state index contributed by atoms with van der Waals surface area (Å²) in [7, 11) is -1.53. The summed E-state index contributed by atoms with van der Waals surface area (Å²) in [5.41, 5.74) is 2.17. The van der Waals surface area contributed by atoms with E-state index in [1.54, 1.807) is 7.05 Å². The van der Waals surface area contributed by atoms with E-state index in [1.165, 1.54) is 4.31 Å². The molecule has 0 aromatic heterocycles. The number of benzene rings is 1. The van der Waals surface area contributed by atoms with Gasteiger partial charge >= 0.3 is 0 Å². The fraction of sp³-hybridized carbons (Fsp3) is 0.600. The van der Waals surface area contributed by atoms with E-state index >= 15 is 0 Å². The summed E-state index contributed by atoms with van der Waals surface area (Å²) in [5, 5.41) is 3.23. The normalized spacial score (nSPS) is 12.3. The lowest BCUT2D eigenvalue weighted by atomic mass is 10.1. The molecule has 0 saturated heterocycles. The van der Waals surface area contributed by atoms with Crippen molar-refractivity contribution in [2.45, 2.75) is 39.8 Å². The Bertz CT molecular complexity index is 512. The van der Waals surface area contributed by atoms with Gasteiger partial charge in [0, 0.05) is 19.6 Å². The van der Waals surface area contributed by atoms with Crippen LogP contribution in [0.1, 0.15) is 31.4 Å². The molecule has 1 aromatic rings. The van der Waals surface area contributed by atoms with Crippen molar-refractivity contribution in [2.24, 2.45) is 0 Å². The third-order valence-corrected chi connectivity index (χ3v) is 4.98. The van der Waals surface area contributed by atoms with Gasteiger partial charge in [0.05, 0.1) is 5.75 Å². The third kappa shape index (κ3) is 6.03. The van der Waals surface area contributed by atoms with Crippen molar-refractivity contribution in [1.29, 1.82) is 0 Å². The highest BCUT2D eigenvalue weighted by atomic mass is 32.2. The summed E-state index contributed by atoms with van der Waals surface area (Å²) in [4.78, 5) is 0. The first-order chi connectivity index (χ1) is 9.31. The molecule has 0 aliphatic heterocycles. The molecule has 0 spiro atoms. The molecule has 0 bridgehead atoms. The zero-order valence-corrected chi connectivity index (χ0v) is 13.7. The summed E-state index contributed by atoms with van der Waals surface area (Å²) >= 11 is 0. The van der Waals surface area contributed by atoms with E-state index in [9.17, 15) is 8.42 Å². The molecule has 1 aromatic carbocycles. The number of nitrogens with one attached hydrogen (secondary N) is 1. The van der Waals surface area contributed by atoms with Crippen LogP contribution in [0.15, 0.2) is 24.3 Å². The molecule has 0 fully saturated rings. The molecular formula is C15H26N2O2S. The predicted molar refractivity (Wildman–Crippen MR) is 84.2 cm³/mol. The number of sulfonamides is 1. The topological polar surface area (TPSA) is 49.4 Å². The van der Waals surface area contributed by atoms with Crippen molar-refractivity contribution in [3.8, 4) is 0 Å². The molecule has 4 nitrogen and oxygen atoms in total. The van der Waals surface area contributed by atoms with E-state index in [-0.39, 0.29) is 5.75 Å². The average molecular weight is 298 g/mol. The number of rotatable bonds is 8. The lowest BCUT2D eigenvalue weighted by molar-refractivity contribution is 0.463. The fourth-order valence-electron chi connectivity index (χ4n) is 1.97. The van der Waals surface area contributed by atoms with Crippen LogP contribution in [0.3, 0.4) is 0 Å². The van der Waals surface area contributed by atoms with Gasteiger partial charge in [0.25, 0.3) is 0 Å². The van der Waals surface area contributed by atoms with Crippen LogP contribution in [0.2, 0.25) is 0 Å². The summed E-state index contributed by atoms with van der Waals surface area (Å²) in [5.74, 6) is 0.190. The van der Waals surface area contributed by atoms with E-state index in [1.807, 2.05) is 31.2 Å². The second kappa shape index (κ2) is 7.76. The third-order valence-electron chi connectivity index (χ3n) is 3.09. The Kier molecular flexibility index (Phi) is 6.65. The van der Waals surface area contributed by atoms with Gasteiger partial charge in [-0.15, -0.1) is 0 Å². The zero-order chi connectivity index (χ0) is 15.2. The van der Waals surface area contributed by atoms with Gasteiger partial charge < -0.3 is 5.32 Å². The monoisotopic (exact) mass is 298 g/mol. The smallest absolute Gasteiger partial charge is 0.214 e. The van der Waals surface area contributed by atoms with Crippen LogP contribution >= 0.6 is 0 Å². The van der Waals surface area contributed by atoms with E-state index < -0.39 is 10.0 Å². The summed E-state index contributed by atoms with van der Waals surface area (Å²) in [6, 6.07) is 8.33. The minimum absolute atomic E-state index is 0.190. The van der Waals surface area contributed by atoms with Crippen molar-refractivity contribution in [3.63, 3.8) is 0 Å². The van der Waals surface area contributed by atoms with E-state index in [4.69, 9.17) is 0 Å². The Balaban J connectivity index is 2.50. The van der Waals surface area contributed by atoms with Gasteiger partial charge in [0.15, 0.2) is 0 Å². The van der Waals surface area contributed by atoms with Crippen LogP contribution in [-0.4, -0.2) is 38.1 Å². The van der Waals surface area contributed by atoms with Crippen LogP contribution in [0, 0.1) is 6.92 Å². The molecule has 0 radical (unpaired) electrons. The first kappa shape index (κ1) is 17.1. The number of aryl methyl sites for hydroxylation is 1. The van der Waals surface area contributed by atoms with Crippen molar-refractivity contribution < 1.29 is 8.42 Å². The van der Waals surface area contributed by atoms with Gasteiger partial charge in [-0.25, -0.2) is 12.7 Å². The lowest BCUT2D eigenvalue weighted by Crippen LogP contribution is -2.31. The van der Waals surface area contributed by atoms with Gasteiger partial charge in [-0.05, 0) is 25.5 Å². The lowest BCUT2D eigenvalue weighted by Gasteiger charge is -2.18. The Morgan fingerprint density at radius 3 is 2.60 bits per heavy atom. The average Bonchev–Trinajstić information content (AvgIpc) is 2.34. The summed E-state index contributed by atoms with van der Waals surface area (Å²) < 4.78 is 25.8. The highest BCUT2D eigenvalue weighted by Crippen LogP contribution is 2.10. The van der Waals surface area contributed by atoms with Crippen LogP contribution in [0.4, 0.5) is 0 Å². The second-order valence-corrected chi connectivity index (χ2v) is 7.72. The molecule has 1 rings (SSSR count). The van der Waals surface area contributed by atoms with E-state index in [2.05, 4.69) is 19.2 Å². The summed E-state index contributed by atoms with van der Waals surface area (Å²) in [6.45, 7) is 7.28. The Hall–Kier alpha value is -0.910. The molecule has 0 aliphatic carbocycles. The standard InChI is InChI=1S/C15H26N2O2S/c1-13(2)16-9-6-10-20(18,19)17(4)12-15-8-5-7-14(3)11-15/h5,7-8,11,13,16H,6,9-10,12H2,1-4H3. The molecule has 0 unspecified atom stereocenters. The van der Waals surface area contributed by atoms with Gasteiger partial charge in [-0.3, -0.25) is 0 Å². The van der Waals surface area contributed by atoms with Gasteiger partial charge in [-0.1, -0.05) is 43.7 Å². The van der Waals surface area contributed by atoms with Crippen molar-refractivity contribution in [2.75, 3.05) is 19.3 Å². The molecule has 114 valence electrons. The summed E-state index contributed by atoms with van der Waals surface area (Å²) in [6.07, 6.45) is 0.638. The van der Waals surface area contributed by atoms with Crippen LogP contribution in [0.5, 0.6) is 0 Å². The molecule has 20 heavy (non-hydrogen) atoms. The quantitative estimate of drug-likeness (QED) is 0.748. The number of nitrogens with zero attached hydrogens (tertiary/aromatic N) is 1. The van der Waals surface area contributed by atoms with E-state index in [0.29, 0.717) is 19.0 Å². The predicted octanol–water partition coefficient (Wildman–Crippen LogP) is 2.14. The maximum Gasteiger partial charge on any atom is 0.214 e. The maximum absolute atomic E-state index is 12.2. The van der Waals surface area contributed by atoms with Gasteiger partial charge in [0.1, 0.15) is 0 Å². The first-order valence-corrected chi connectivity index (χ1v) is 8.65. The second-order valence-electron chi connectivity index (χ2n) is 5.52. The van der Waals surface area contributed by atoms with Gasteiger partial charge in [0.2, 0.25) is 10.0 Å².